The minimum absolute atomic E-state index is 0.00898. The van der Waals surface area contributed by atoms with E-state index < -0.39 is 15.7 Å². The number of ketones is 1. The van der Waals surface area contributed by atoms with E-state index in [-0.39, 0.29) is 39.4 Å². The molecule has 0 spiro atoms. The van der Waals surface area contributed by atoms with E-state index >= 15 is 0 Å². The highest BCUT2D eigenvalue weighted by Gasteiger charge is 2.30. The predicted molar refractivity (Wildman–Crippen MR) is 158 cm³/mol. The summed E-state index contributed by atoms with van der Waals surface area (Å²) >= 11 is 1.26. The zero-order chi connectivity index (χ0) is 29.1. The molecule has 0 aliphatic heterocycles. The van der Waals surface area contributed by atoms with Crippen LogP contribution >= 0.6 is 11.9 Å². The van der Waals surface area contributed by atoms with Crippen molar-refractivity contribution in [2.75, 3.05) is 5.75 Å². The smallest absolute Gasteiger partial charge is 0.250 e. The molecule has 1 heterocycles. The Hall–Kier alpha value is -2.75. The van der Waals surface area contributed by atoms with Gasteiger partial charge in [0.25, 0.3) is 5.56 Å². The second-order valence-electron chi connectivity index (χ2n) is 10.9. The normalized spacial score (nSPS) is 13.1. The Bertz CT molecular complexity index is 1510. The number of benzene rings is 2. The van der Waals surface area contributed by atoms with Gasteiger partial charge in [-0.05, 0) is 79.1 Å². The molecule has 9 heteroatoms. The van der Waals surface area contributed by atoms with Crippen molar-refractivity contribution < 1.29 is 17.6 Å². The molecule has 6 nitrogen and oxygen atoms in total. The van der Waals surface area contributed by atoms with Crippen LogP contribution in [0.5, 0.6) is 0 Å². The van der Waals surface area contributed by atoms with Crippen LogP contribution in [0, 0.1) is 11.7 Å². The molecule has 0 bridgehead atoms. The zero-order valence-corrected chi connectivity index (χ0v) is 25.0. The van der Waals surface area contributed by atoms with Crippen LogP contribution in [0.1, 0.15) is 74.0 Å². The van der Waals surface area contributed by atoms with Gasteiger partial charge in [0.1, 0.15) is 5.82 Å². The number of halogens is 1. The van der Waals surface area contributed by atoms with Gasteiger partial charge in [0.2, 0.25) is 0 Å². The first-order valence-corrected chi connectivity index (χ1v) is 15.6. The van der Waals surface area contributed by atoms with Crippen LogP contribution in [0.25, 0.3) is 11.1 Å². The van der Waals surface area contributed by atoms with E-state index in [1.165, 1.54) is 40.8 Å². The summed E-state index contributed by atoms with van der Waals surface area (Å²) in [5.41, 5.74) is 2.99. The van der Waals surface area contributed by atoms with Crippen LogP contribution in [0.15, 0.2) is 59.5 Å². The van der Waals surface area contributed by atoms with Crippen molar-refractivity contribution >= 4 is 27.6 Å². The van der Waals surface area contributed by atoms with E-state index in [1.807, 2.05) is 13.8 Å². The molecular formula is C30H37FN2O4S2. The van der Waals surface area contributed by atoms with Gasteiger partial charge in [-0.1, -0.05) is 44.9 Å². The first kappa shape index (κ1) is 30.8. The lowest BCUT2D eigenvalue weighted by atomic mass is 9.78. The van der Waals surface area contributed by atoms with E-state index in [0.717, 1.165) is 5.56 Å². The molecule has 2 N–H and O–H groups in total. The summed E-state index contributed by atoms with van der Waals surface area (Å²) in [5, 5.41) is 5.99. The Labute approximate surface area is 234 Å². The zero-order valence-electron chi connectivity index (χ0n) is 23.3. The second-order valence-corrected chi connectivity index (χ2v) is 14.6. The van der Waals surface area contributed by atoms with Crippen molar-refractivity contribution in [3.8, 4) is 11.1 Å². The van der Waals surface area contributed by atoms with Gasteiger partial charge in [-0.15, -0.1) is 0 Å². The number of nitrogens with two attached hydrogens (primary N) is 1. The maximum Gasteiger partial charge on any atom is 0.250 e. The molecule has 0 unspecified atom stereocenters. The molecule has 0 saturated heterocycles. The molecule has 1 atom stereocenters. The lowest BCUT2D eigenvalue weighted by molar-refractivity contribution is 0.103. The lowest BCUT2D eigenvalue weighted by Gasteiger charge is -2.32. The topological polar surface area (TPSA) is 99.2 Å². The Morgan fingerprint density at radius 3 is 2.28 bits per heavy atom. The van der Waals surface area contributed by atoms with Gasteiger partial charge < -0.3 is 4.57 Å². The van der Waals surface area contributed by atoms with Crippen LogP contribution in [0.2, 0.25) is 0 Å². The maximum atomic E-state index is 13.7. The second kappa shape index (κ2) is 12.2. The molecule has 0 aliphatic rings. The quantitative estimate of drug-likeness (QED) is 0.228. The van der Waals surface area contributed by atoms with E-state index in [1.54, 1.807) is 44.4 Å². The molecule has 3 aromatic rings. The Morgan fingerprint density at radius 1 is 1.08 bits per heavy atom. The highest BCUT2D eigenvalue weighted by atomic mass is 32.2. The van der Waals surface area contributed by atoms with Crippen molar-refractivity contribution in [1.82, 2.24) is 4.57 Å². The molecule has 2 aromatic carbocycles. The molecule has 39 heavy (non-hydrogen) atoms. The Morgan fingerprint density at radius 2 is 1.72 bits per heavy atom. The molecule has 0 fully saturated rings. The Kier molecular flexibility index (Phi) is 9.62. The first-order valence-electron chi connectivity index (χ1n) is 12.9. The van der Waals surface area contributed by atoms with Crippen LogP contribution in [0.4, 0.5) is 4.39 Å². The molecule has 0 radical (unpaired) electrons. The first-order chi connectivity index (χ1) is 18.2. The SMILES string of the molecule is CCS(=O)(=O)Cc1ccc(C(=O)c2ccc(F)cc2)c(-c2cn(C)c(=O)cc2[C@@H](CC(C)(C)SN)C(C)C)c1. The van der Waals surface area contributed by atoms with E-state index in [9.17, 15) is 22.4 Å². The molecule has 0 saturated carbocycles. The van der Waals surface area contributed by atoms with Crippen molar-refractivity contribution in [2.24, 2.45) is 18.1 Å². The van der Waals surface area contributed by atoms with Crippen molar-refractivity contribution in [1.29, 1.82) is 0 Å². The number of hydrogen-bond donors (Lipinski definition) is 1. The van der Waals surface area contributed by atoms with Gasteiger partial charge in [-0.25, -0.2) is 12.8 Å². The fourth-order valence-electron chi connectivity index (χ4n) is 4.67. The number of aromatic nitrogens is 1. The van der Waals surface area contributed by atoms with Crippen LogP contribution in [-0.4, -0.2) is 29.3 Å². The molecule has 1 aromatic heterocycles. The van der Waals surface area contributed by atoms with Gasteiger partial charge in [0.15, 0.2) is 15.6 Å². The maximum absolute atomic E-state index is 13.7. The summed E-state index contributed by atoms with van der Waals surface area (Å²) < 4.78 is 39.7. The highest BCUT2D eigenvalue weighted by Crippen LogP contribution is 2.41. The average molecular weight is 573 g/mol. The molecular weight excluding hydrogens is 535 g/mol. The average Bonchev–Trinajstić information content (AvgIpc) is 2.88. The number of nitrogens with zero attached hydrogens (tertiary/aromatic N) is 1. The third-order valence-electron chi connectivity index (χ3n) is 7.05. The third-order valence-corrected chi connectivity index (χ3v) is 9.50. The van der Waals surface area contributed by atoms with Gasteiger partial charge in [0, 0.05) is 46.5 Å². The van der Waals surface area contributed by atoms with E-state index in [4.69, 9.17) is 5.14 Å². The predicted octanol–water partition coefficient (Wildman–Crippen LogP) is 5.87. The summed E-state index contributed by atoms with van der Waals surface area (Å²) in [6, 6.07) is 11.9. The summed E-state index contributed by atoms with van der Waals surface area (Å²) in [6.45, 7) is 9.86. The fraction of sp³-hybridized carbons (Fsp3) is 0.400. The van der Waals surface area contributed by atoms with Crippen molar-refractivity contribution in [3.63, 3.8) is 0 Å². The number of hydrogen-bond acceptors (Lipinski definition) is 6. The van der Waals surface area contributed by atoms with Gasteiger partial charge in [0.05, 0.1) is 5.75 Å². The van der Waals surface area contributed by atoms with Crippen LogP contribution < -0.4 is 10.7 Å². The summed E-state index contributed by atoms with van der Waals surface area (Å²) in [6.07, 6.45) is 2.39. The summed E-state index contributed by atoms with van der Waals surface area (Å²) in [5.74, 6) is -0.891. The number of carbonyl (C=O) groups is 1. The molecule has 3 rings (SSSR count). The van der Waals surface area contributed by atoms with E-state index in [2.05, 4.69) is 13.8 Å². The molecule has 0 aliphatic carbocycles. The van der Waals surface area contributed by atoms with Crippen LogP contribution in [0.3, 0.4) is 0 Å². The minimum Gasteiger partial charge on any atom is -0.318 e. The number of pyridine rings is 1. The number of rotatable bonds is 11. The molecule has 0 amide bonds. The number of sulfone groups is 1. The monoisotopic (exact) mass is 572 g/mol. The minimum atomic E-state index is -3.34. The Balaban J connectivity index is 2.34. The standard InChI is InChI=1S/C30H37FN2O4S2/c1-7-39(36,37)18-20-8-13-23(29(35)21-9-11-22(31)12-10-21)24(14-20)27-17-33(6)28(34)15-25(27)26(19(2)3)16-30(4,5)38-32/h8-15,17,19,26H,7,16,18,32H2,1-6H3/t26-/m0/s1. The third kappa shape index (κ3) is 7.47. The largest absolute Gasteiger partial charge is 0.318 e. The molecule has 210 valence electrons. The van der Waals surface area contributed by atoms with Crippen LogP contribution in [-0.2, 0) is 22.6 Å². The van der Waals surface area contributed by atoms with Gasteiger partial charge in [-0.2, -0.15) is 0 Å². The van der Waals surface area contributed by atoms with E-state index in [0.29, 0.717) is 34.2 Å². The van der Waals surface area contributed by atoms with Gasteiger partial charge >= 0.3 is 0 Å². The number of aryl methyl sites for hydroxylation is 1. The summed E-state index contributed by atoms with van der Waals surface area (Å²) in [4.78, 5) is 26.6. The lowest BCUT2D eigenvalue weighted by Crippen LogP contribution is -2.26. The van der Waals surface area contributed by atoms with Gasteiger partial charge in [-0.3, -0.25) is 14.7 Å². The highest BCUT2D eigenvalue weighted by molar-refractivity contribution is 7.98. The fourth-order valence-corrected chi connectivity index (χ4v) is 5.84. The number of carbonyl (C=O) groups excluding carboxylic acids is 1. The van der Waals surface area contributed by atoms with Crippen molar-refractivity contribution in [3.05, 3.63) is 93.2 Å². The summed E-state index contributed by atoms with van der Waals surface area (Å²) in [7, 11) is -1.70. The van der Waals surface area contributed by atoms with Crippen molar-refractivity contribution in [2.45, 2.75) is 57.5 Å².